The van der Waals surface area contributed by atoms with Crippen molar-refractivity contribution < 1.29 is 19.1 Å². The number of carbonyl (C=O) groups excluding carboxylic acids is 2. The number of esters is 2. The van der Waals surface area contributed by atoms with E-state index < -0.39 is 0 Å². The Hall–Kier alpha value is -1.84. The Labute approximate surface area is 177 Å². The number of hydrogen-bond donors (Lipinski definition) is 0. The van der Waals surface area contributed by atoms with Crippen LogP contribution >= 0.6 is 0 Å². The molecule has 0 heterocycles. The summed E-state index contributed by atoms with van der Waals surface area (Å²) in [5, 5.41) is 0. The maximum atomic E-state index is 12.3. The summed E-state index contributed by atoms with van der Waals surface area (Å²) in [5.41, 5.74) is 0.802. The van der Waals surface area contributed by atoms with E-state index in [0.717, 1.165) is 32.1 Å². The lowest BCUT2D eigenvalue weighted by atomic mass is 10.1. The topological polar surface area (TPSA) is 52.6 Å². The van der Waals surface area contributed by atoms with Crippen LogP contribution in [0.25, 0.3) is 0 Å². The molecule has 0 saturated heterocycles. The first-order valence-corrected chi connectivity index (χ1v) is 11.6. The van der Waals surface area contributed by atoms with E-state index in [1.54, 1.807) is 24.3 Å². The first-order chi connectivity index (χ1) is 14.1. The third-order valence-electron chi connectivity index (χ3n) is 5.15. The second-order valence-electron chi connectivity index (χ2n) is 7.77. The molecule has 0 aliphatic heterocycles. The standard InChI is InChI=1S/C25H40O4/c1-4-7-8-9-10-11-12-13-14-19-28-24(26)21-17-15-18-22(20-21)25(27)29-23(6-3)16-5-2/h15,17-18,20,23H,4-14,16,19H2,1-3H3. The molecule has 4 heteroatoms. The van der Waals surface area contributed by atoms with Gasteiger partial charge in [-0.05, 0) is 37.5 Å². The summed E-state index contributed by atoms with van der Waals surface area (Å²) in [4.78, 5) is 24.6. The number of hydrogen-bond acceptors (Lipinski definition) is 4. The number of carbonyl (C=O) groups is 2. The van der Waals surface area contributed by atoms with E-state index in [2.05, 4.69) is 13.8 Å². The van der Waals surface area contributed by atoms with Crippen LogP contribution < -0.4 is 0 Å². The van der Waals surface area contributed by atoms with Gasteiger partial charge in [-0.1, -0.05) is 84.6 Å². The van der Waals surface area contributed by atoms with Crippen molar-refractivity contribution in [2.24, 2.45) is 0 Å². The van der Waals surface area contributed by atoms with Crippen molar-refractivity contribution in [2.75, 3.05) is 6.61 Å². The van der Waals surface area contributed by atoms with Gasteiger partial charge in [0.1, 0.15) is 6.10 Å². The summed E-state index contributed by atoms with van der Waals surface area (Å²) in [6.07, 6.45) is 13.6. The van der Waals surface area contributed by atoms with E-state index in [9.17, 15) is 9.59 Å². The molecule has 0 bridgehead atoms. The smallest absolute Gasteiger partial charge is 0.338 e. The summed E-state index contributed by atoms with van der Waals surface area (Å²) in [6.45, 7) is 6.74. The van der Waals surface area contributed by atoms with E-state index in [1.165, 1.54) is 44.9 Å². The van der Waals surface area contributed by atoms with E-state index in [-0.39, 0.29) is 18.0 Å². The van der Waals surface area contributed by atoms with Crippen molar-refractivity contribution in [3.63, 3.8) is 0 Å². The summed E-state index contributed by atoms with van der Waals surface area (Å²) in [7, 11) is 0. The monoisotopic (exact) mass is 404 g/mol. The number of rotatable bonds is 16. The van der Waals surface area contributed by atoms with Gasteiger partial charge in [0, 0.05) is 0 Å². The SMILES string of the molecule is CCCCCCCCCCCOC(=O)c1cccc(C(=O)OC(CC)CCC)c1. The summed E-state index contributed by atoms with van der Waals surface area (Å²) < 4.78 is 10.9. The molecule has 0 aliphatic rings. The van der Waals surface area contributed by atoms with Gasteiger partial charge in [-0.3, -0.25) is 0 Å². The van der Waals surface area contributed by atoms with E-state index >= 15 is 0 Å². The molecule has 0 saturated carbocycles. The third kappa shape index (κ3) is 11.1. The zero-order valence-corrected chi connectivity index (χ0v) is 18.7. The lowest BCUT2D eigenvalue weighted by Crippen LogP contribution is -2.18. The van der Waals surface area contributed by atoms with Gasteiger partial charge in [0.05, 0.1) is 17.7 Å². The second-order valence-corrected chi connectivity index (χ2v) is 7.77. The first kappa shape index (κ1) is 25.2. The molecule has 0 aliphatic carbocycles. The van der Waals surface area contributed by atoms with Crippen LogP contribution in [0.15, 0.2) is 24.3 Å². The second kappa shape index (κ2) is 16.0. The van der Waals surface area contributed by atoms with Crippen molar-refractivity contribution in [3.05, 3.63) is 35.4 Å². The predicted octanol–water partition coefficient (Wildman–Crippen LogP) is 7.11. The van der Waals surface area contributed by atoms with Crippen LogP contribution in [0.3, 0.4) is 0 Å². The highest BCUT2D eigenvalue weighted by Crippen LogP contribution is 2.14. The molecule has 0 radical (unpaired) electrons. The third-order valence-corrected chi connectivity index (χ3v) is 5.15. The molecule has 0 aromatic heterocycles. The van der Waals surface area contributed by atoms with Gasteiger partial charge in [0.2, 0.25) is 0 Å². The zero-order valence-electron chi connectivity index (χ0n) is 18.7. The highest BCUT2D eigenvalue weighted by molar-refractivity contribution is 5.95. The zero-order chi connectivity index (χ0) is 21.3. The molecular formula is C25H40O4. The normalized spacial score (nSPS) is 11.8. The van der Waals surface area contributed by atoms with Gasteiger partial charge in [0.25, 0.3) is 0 Å². The van der Waals surface area contributed by atoms with E-state index in [4.69, 9.17) is 9.47 Å². The minimum Gasteiger partial charge on any atom is -0.462 e. The Morgan fingerprint density at radius 3 is 1.97 bits per heavy atom. The largest absolute Gasteiger partial charge is 0.462 e. The van der Waals surface area contributed by atoms with Crippen LogP contribution in [0.2, 0.25) is 0 Å². The van der Waals surface area contributed by atoms with Crippen LogP contribution in [-0.4, -0.2) is 24.6 Å². The molecular weight excluding hydrogens is 364 g/mol. The van der Waals surface area contributed by atoms with Crippen LogP contribution in [-0.2, 0) is 9.47 Å². The van der Waals surface area contributed by atoms with Crippen molar-refractivity contribution in [1.29, 1.82) is 0 Å². The van der Waals surface area contributed by atoms with Crippen LogP contribution in [0.5, 0.6) is 0 Å². The van der Waals surface area contributed by atoms with Crippen LogP contribution in [0.4, 0.5) is 0 Å². The number of ether oxygens (including phenoxy) is 2. The van der Waals surface area contributed by atoms with Gasteiger partial charge in [-0.15, -0.1) is 0 Å². The van der Waals surface area contributed by atoms with Crippen LogP contribution in [0, 0.1) is 0 Å². The van der Waals surface area contributed by atoms with Gasteiger partial charge in [-0.2, -0.15) is 0 Å². The average molecular weight is 405 g/mol. The van der Waals surface area contributed by atoms with Gasteiger partial charge in [-0.25, -0.2) is 9.59 Å². The quantitative estimate of drug-likeness (QED) is 0.218. The predicted molar refractivity (Wildman–Crippen MR) is 118 cm³/mol. The van der Waals surface area contributed by atoms with Crippen molar-refractivity contribution in [2.45, 2.75) is 104 Å². The Balaban J connectivity index is 2.31. The average Bonchev–Trinajstić information content (AvgIpc) is 2.74. The molecule has 0 fully saturated rings. The Morgan fingerprint density at radius 2 is 1.38 bits per heavy atom. The fourth-order valence-electron chi connectivity index (χ4n) is 3.32. The fraction of sp³-hybridized carbons (Fsp3) is 0.680. The molecule has 1 aromatic rings. The van der Waals surface area contributed by atoms with E-state index in [1.807, 2.05) is 6.92 Å². The molecule has 1 aromatic carbocycles. The molecule has 0 amide bonds. The van der Waals surface area contributed by atoms with Crippen LogP contribution in [0.1, 0.15) is 119 Å². The van der Waals surface area contributed by atoms with Crippen molar-refractivity contribution in [1.82, 2.24) is 0 Å². The Morgan fingerprint density at radius 1 is 0.793 bits per heavy atom. The molecule has 0 N–H and O–H groups in total. The highest BCUT2D eigenvalue weighted by Gasteiger charge is 2.16. The molecule has 164 valence electrons. The molecule has 1 rings (SSSR count). The Kier molecular flexibility index (Phi) is 13.9. The van der Waals surface area contributed by atoms with Gasteiger partial charge >= 0.3 is 11.9 Å². The summed E-state index contributed by atoms with van der Waals surface area (Å²) >= 11 is 0. The minimum atomic E-state index is -0.376. The molecule has 29 heavy (non-hydrogen) atoms. The van der Waals surface area contributed by atoms with Gasteiger partial charge < -0.3 is 9.47 Å². The van der Waals surface area contributed by atoms with Gasteiger partial charge in [0.15, 0.2) is 0 Å². The maximum Gasteiger partial charge on any atom is 0.338 e. The maximum absolute atomic E-state index is 12.3. The molecule has 0 spiro atoms. The van der Waals surface area contributed by atoms with E-state index in [0.29, 0.717) is 17.7 Å². The number of unbranched alkanes of at least 4 members (excludes halogenated alkanes) is 8. The fourth-order valence-corrected chi connectivity index (χ4v) is 3.32. The molecule has 4 nitrogen and oxygen atoms in total. The number of benzene rings is 1. The van der Waals surface area contributed by atoms with Crippen molar-refractivity contribution in [3.8, 4) is 0 Å². The summed E-state index contributed by atoms with van der Waals surface area (Å²) in [5.74, 6) is -0.751. The minimum absolute atomic E-state index is 0.0743. The first-order valence-electron chi connectivity index (χ1n) is 11.6. The van der Waals surface area contributed by atoms with Crippen molar-refractivity contribution >= 4 is 11.9 Å². The highest BCUT2D eigenvalue weighted by atomic mass is 16.5. The molecule has 1 atom stereocenters. The molecule has 1 unspecified atom stereocenters. The summed E-state index contributed by atoms with van der Waals surface area (Å²) in [6, 6.07) is 6.63. The lowest BCUT2D eigenvalue weighted by molar-refractivity contribution is 0.0271. The lowest BCUT2D eigenvalue weighted by Gasteiger charge is -2.15. The Bertz CT molecular complexity index is 582.